The molecule has 3 aromatic rings. The second-order valence-corrected chi connectivity index (χ2v) is 9.12. The molecule has 190 valence electrons. The number of alkyl halides is 3. The van der Waals surface area contributed by atoms with E-state index in [2.05, 4.69) is 40.7 Å². The summed E-state index contributed by atoms with van der Waals surface area (Å²) < 4.78 is 41.1. The summed E-state index contributed by atoms with van der Waals surface area (Å²) >= 11 is 1.35. The van der Waals surface area contributed by atoms with Gasteiger partial charge in [0, 0.05) is 25.9 Å². The van der Waals surface area contributed by atoms with Gasteiger partial charge in [0.15, 0.2) is 11.6 Å². The minimum absolute atomic E-state index is 0.136. The van der Waals surface area contributed by atoms with Crippen molar-refractivity contribution in [1.82, 2.24) is 20.4 Å². The van der Waals surface area contributed by atoms with Gasteiger partial charge in [-0.15, -0.1) is 33.6 Å². The summed E-state index contributed by atoms with van der Waals surface area (Å²) in [6.07, 6.45) is -3.12. The molecule has 0 spiro atoms. The van der Waals surface area contributed by atoms with Gasteiger partial charge in [-0.05, 0) is 42.7 Å². The van der Waals surface area contributed by atoms with Crippen LogP contribution in [0.2, 0.25) is 0 Å². The average Bonchev–Trinajstić information content (AvgIpc) is 3.26. The fourth-order valence-corrected chi connectivity index (χ4v) is 4.69. The summed E-state index contributed by atoms with van der Waals surface area (Å²) in [7, 11) is 0. The van der Waals surface area contributed by atoms with Crippen LogP contribution in [0.25, 0.3) is 0 Å². The Hall–Kier alpha value is -3.81. The van der Waals surface area contributed by atoms with Crippen molar-refractivity contribution in [3.63, 3.8) is 0 Å². The number of aromatic nitrogens is 4. The van der Waals surface area contributed by atoms with Gasteiger partial charge in [0.25, 0.3) is 0 Å². The van der Waals surface area contributed by atoms with Gasteiger partial charge in [0.2, 0.25) is 16.9 Å². The molecule has 0 saturated carbocycles. The minimum Gasteiger partial charge on any atom is -0.406 e. The summed E-state index contributed by atoms with van der Waals surface area (Å²) in [5.74, 6) is -0.0426. The smallest absolute Gasteiger partial charge is 0.406 e. The molecule has 14 heteroatoms. The largest absolute Gasteiger partial charge is 0.573 e. The molecule has 0 bridgehead atoms. The standard InChI is InChI=1S/C22H22F3N7O3S/c1-13(33)26-21-31-30-20(36-21)15-5-3-9-32(12-15)18-8-7-17(28-29-18)27-19(34)11-14-4-2-6-16(10-14)35-22(23,24)25/h2,4,6-8,10,15H,3,5,9,11-12H2,1H3,(H,26,31,33)(H,27,28,34). The van der Waals surface area contributed by atoms with Gasteiger partial charge < -0.3 is 20.3 Å². The molecule has 10 nitrogen and oxygen atoms in total. The van der Waals surface area contributed by atoms with E-state index in [1.807, 2.05) is 0 Å². The zero-order valence-electron chi connectivity index (χ0n) is 19.1. The molecule has 3 heterocycles. The number of hydrogen-bond donors (Lipinski definition) is 2. The summed E-state index contributed by atoms with van der Waals surface area (Å²) in [6, 6.07) is 8.59. The first-order valence-electron chi connectivity index (χ1n) is 11.0. The number of benzene rings is 1. The molecule has 1 unspecified atom stereocenters. The molecule has 2 N–H and O–H groups in total. The molecule has 1 aliphatic rings. The summed E-state index contributed by atoms with van der Waals surface area (Å²) in [4.78, 5) is 25.6. The van der Waals surface area contributed by atoms with Crippen molar-refractivity contribution in [3.8, 4) is 5.75 Å². The molecule has 1 fully saturated rings. The lowest BCUT2D eigenvalue weighted by Crippen LogP contribution is -2.35. The number of anilines is 3. The highest BCUT2D eigenvalue weighted by molar-refractivity contribution is 7.15. The number of amides is 2. The fourth-order valence-electron chi connectivity index (χ4n) is 3.77. The third kappa shape index (κ3) is 7.10. The lowest BCUT2D eigenvalue weighted by molar-refractivity contribution is -0.274. The first-order chi connectivity index (χ1) is 17.1. The number of ether oxygens (including phenoxy) is 1. The third-order valence-electron chi connectivity index (χ3n) is 5.23. The summed E-state index contributed by atoms with van der Waals surface area (Å²) in [6.45, 7) is 2.86. The number of nitrogens with zero attached hydrogens (tertiary/aromatic N) is 5. The zero-order chi connectivity index (χ0) is 25.7. The topological polar surface area (TPSA) is 122 Å². The first-order valence-corrected chi connectivity index (χ1v) is 11.8. The number of nitrogens with one attached hydrogen (secondary N) is 2. The minimum atomic E-state index is -4.81. The van der Waals surface area contributed by atoms with Crippen LogP contribution >= 0.6 is 11.3 Å². The van der Waals surface area contributed by atoms with Crippen molar-refractivity contribution in [2.75, 3.05) is 28.6 Å². The average molecular weight is 522 g/mol. The molecule has 2 amide bonds. The van der Waals surface area contributed by atoms with Crippen LogP contribution in [0.4, 0.5) is 29.9 Å². The van der Waals surface area contributed by atoms with Crippen molar-refractivity contribution in [3.05, 3.63) is 47.0 Å². The lowest BCUT2D eigenvalue weighted by atomic mass is 9.99. The Kier molecular flexibility index (Phi) is 7.62. The Morgan fingerprint density at radius 3 is 2.69 bits per heavy atom. The highest BCUT2D eigenvalue weighted by atomic mass is 32.1. The van der Waals surface area contributed by atoms with E-state index < -0.39 is 18.0 Å². The van der Waals surface area contributed by atoms with Crippen LogP contribution in [0.1, 0.15) is 36.3 Å². The van der Waals surface area contributed by atoms with E-state index in [9.17, 15) is 22.8 Å². The van der Waals surface area contributed by atoms with Crippen LogP contribution < -0.4 is 20.3 Å². The van der Waals surface area contributed by atoms with Crippen LogP contribution in [0.15, 0.2) is 36.4 Å². The first kappa shape index (κ1) is 25.3. The third-order valence-corrected chi connectivity index (χ3v) is 6.23. The Morgan fingerprint density at radius 1 is 1.14 bits per heavy atom. The SMILES string of the molecule is CC(=O)Nc1nnc(C2CCCN(c3ccc(NC(=O)Cc4cccc(OC(F)(F)F)c4)nn3)C2)s1. The number of carbonyl (C=O) groups is 2. The number of halogens is 3. The summed E-state index contributed by atoms with van der Waals surface area (Å²) in [5.41, 5.74) is 0.358. The van der Waals surface area contributed by atoms with Crippen LogP contribution in [0.5, 0.6) is 5.75 Å². The number of carbonyl (C=O) groups excluding carboxylic acids is 2. The van der Waals surface area contributed by atoms with Crippen molar-refractivity contribution in [2.24, 2.45) is 0 Å². The Balaban J connectivity index is 1.33. The molecule has 36 heavy (non-hydrogen) atoms. The zero-order valence-corrected chi connectivity index (χ0v) is 19.9. The van der Waals surface area contributed by atoms with Crippen molar-refractivity contribution in [1.29, 1.82) is 0 Å². The molecule has 4 rings (SSSR count). The van der Waals surface area contributed by atoms with E-state index in [1.54, 1.807) is 12.1 Å². The summed E-state index contributed by atoms with van der Waals surface area (Å²) in [5, 5.41) is 23.0. The second-order valence-electron chi connectivity index (χ2n) is 8.11. The van der Waals surface area contributed by atoms with Gasteiger partial charge >= 0.3 is 6.36 Å². The second kappa shape index (κ2) is 10.8. The maximum absolute atomic E-state index is 12.4. The van der Waals surface area contributed by atoms with Crippen LogP contribution in [-0.4, -0.2) is 51.7 Å². The molecule has 1 atom stereocenters. The van der Waals surface area contributed by atoms with Gasteiger partial charge in [-0.3, -0.25) is 9.59 Å². The van der Waals surface area contributed by atoms with Gasteiger partial charge in [0.1, 0.15) is 10.8 Å². The molecule has 0 aliphatic carbocycles. The van der Waals surface area contributed by atoms with Gasteiger partial charge in [-0.1, -0.05) is 23.5 Å². The lowest BCUT2D eigenvalue weighted by Gasteiger charge is -2.32. The molecule has 1 aliphatic heterocycles. The monoisotopic (exact) mass is 521 g/mol. The Bertz CT molecular complexity index is 1220. The van der Waals surface area contributed by atoms with Gasteiger partial charge in [-0.25, -0.2) is 0 Å². The van der Waals surface area contributed by atoms with Crippen LogP contribution in [-0.2, 0) is 16.0 Å². The van der Waals surface area contributed by atoms with Crippen molar-refractivity contribution in [2.45, 2.75) is 38.5 Å². The molecule has 2 aromatic heterocycles. The van der Waals surface area contributed by atoms with Crippen molar-refractivity contribution >= 4 is 39.9 Å². The highest BCUT2D eigenvalue weighted by Crippen LogP contribution is 2.32. The quantitative estimate of drug-likeness (QED) is 0.482. The molecule has 0 radical (unpaired) electrons. The van der Waals surface area contributed by atoms with Crippen LogP contribution in [0, 0.1) is 0 Å². The molecule has 1 saturated heterocycles. The number of hydrogen-bond acceptors (Lipinski definition) is 9. The predicted molar refractivity (Wildman–Crippen MR) is 126 cm³/mol. The predicted octanol–water partition coefficient (Wildman–Crippen LogP) is 3.75. The molecule has 1 aromatic carbocycles. The number of piperidine rings is 1. The number of rotatable bonds is 7. The fraction of sp³-hybridized carbons (Fsp3) is 0.364. The molecular weight excluding hydrogens is 499 g/mol. The van der Waals surface area contributed by atoms with E-state index in [0.29, 0.717) is 23.1 Å². The van der Waals surface area contributed by atoms with E-state index >= 15 is 0 Å². The van der Waals surface area contributed by atoms with E-state index in [4.69, 9.17) is 0 Å². The highest BCUT2D eigenvalue weighted by Gasteiger charge is 2.31. The van der Waals surface area contributed by atoms with Gasteiger partial charge in [0.05, 0.1) is 6.42 Å². The maximum atomic E-state index is 12.4. The Labute approximate surface area is 207 Å². The van der Waals surface area contributed by atoms with E-state index in [1.165, 1.54) is 30.4 Å². The molecular formula is C22H22F3N7O3S. The normalized spacial score (nSPS) is 15.9. The van der Waals surface area contributed by atoms with E-state index in [-0.39, 0.29) is 24.1 Å². The van der Waals surface area contributed by atoms with Crippen LogP contribution in [0.3, 0.4) is 0 Å². The van der Waals surface area contributed by atoms with E-state index in [0.717, 1.165) is 36.5 Å². The van der Waals surface area contributed by atoms with Gasteiger partial charge in [-0.2, -0.15) is 0 Å². The van der Waals surface area contributed by atoms with Crippen molar-refractivity contribution < 1.29 is 27.5 Å². The Morgan fingerprint density at radius 2 is 1.97 bits per heavy atom. The maximum Gasteiger partial charge on any atom is 0.573 e.